The minimum Gasteiger partial charge on any atom is -0.486 e. The molecule has 1 saturated carbocycles. The molecule has 27 heavy (non-hydrogen) atoms. The van der Waals surface area contributed by atoms with E-state index in [1.807, 2.05) is 0 Å². The van der Waals surface area contributed by atoms with Crippen LogP contribution in [-0.2, 0) is 10.0 Å². The van der Waals surface area contributed by atoms with Crippen molar-refractivity contribution >= 4 is 21.6 Å². The van der Waals surface area contributed by atoms with Crippen LogP contribution >= 0.6 is 0 Å². The third kappa shape index (κ3) is 4.23. The molecule has 1 heterocycles. The normalized spacial score (nSPS) is 16.0. The molecule has 1 amide bonds. The monoisotopic (exact) mass is 388 g/mol. The quantitative estimate of drug-likeness (QED) is 0.793. The predicted octanol–water partition coefficient (Wildman–Crippen LogP) is 2.40. The van der Waals surface area contributed by atoms with Gasteiger partial charge in [0, 0.05) is 23.9 Å². The molecule has 0 bridgehead atoms. The first-order valence-corrected chi connectivity index (χ1v) is 10.3. The van der Waals surface area contributed by atoms with Gasteiger partial charge < -0.3 is 14.8 Å². The van der Waals surface area contributed by atoms with Crippen LogP contribution in [0.25, 0.3) is 0 Å². The first-order valence-electron chi connectivity index (χ1n) is 8.82. The van der Waals surface area contributed by atoms with Crippen molar-refractivity contribution in [3.05, 3.63) is 48.0 Å². The molecule has 0 atom stereocenters. The van der Waals surface area contributed by atoms with Crippen molar-refractivity contribution in [3.8, 4) is 11.5 Å². The van der Waals surface area contributed by atoms with Crippen LogP contribution in [0.4, 0.5) is 5.69 Å². The van der Waals surface area contributed by atoms with E-state index in [1.54, 1.807) is 30.3 Å². The van der Waals surface area contributed by atoms with E-state index in [2.05, 4.69) is 10.0 Å². The molecular formula is C19H20N2O5S. The summed E-state index contributed by atoms with van der Waals surface area (Å²) in [4.78, 5) is 12.6. The van der Waals surface area contributed by atoms with Gasteiger partial charge in [0.25, 0.3) is 5.91 Å². The molecular weight excluding hydrogens is 368 g/mol. The van der Waals surface area contributed by atoms with Crippen molar-refractivity contribution < 1.29 is 22.7 Å². The minimum atomic E-state index is -3.62. The number of fused-ring (bicyclic) bond motifs is 1. The molecule has 0 spiro atoms. The van der Waals surface area contributed by atoms with Crippen LogP contribution in [0, 0.1) is 5.92 Å². The van der Waals surface area contributed by atoms with Crippen molar-refractivity contribution in [2.75, 3.05) is 25.1 Å². The number of rotatable bonds is 6. The zero-order valence-corrected chi connectivity index (χ0v) is 15.4. The molecule has 8 heteroatoms. The van der Waals surface area contributed by atoms with Gasteiger partial charge in [-0.05, 0) is 49.1 Å². The molecule has 0 aromatic heterocycles. The number of sulfonamides is 1. The highest BCUT2D eigenvalue weighted by Gasteiger charge is 2.24. The molecule has 4 rings (SSSR count). The number of anilines is 1. The average Bonchev–Trinajstić information content (AvgIpc) is 3.51. The number of carbonyl (C=O) groups excluding carboxylic acids is 1. The van der Waals surface area contributed by atoms with Gasteiger partial charge in [0.05, 0.1) is 4.90 Å². The maximum absolute atomic E-state index is 12.5. The summed E-state index contributed by atoms with van der Waals surface area (Å²) >= 11 is 0. The van der Waals surface area contributed by atoms with E-state index in [9.17, 15) is 13.2 Å². The third-order valence-electron chi connectivity index (χ3n) is 4.47. The largest absolute Gasteiger partial charge is 0.486 e. The van der Waals surface area contributed by atoms with Gasteiger partial charge in [0.15, 0.2) is 11.5 Å². The van der Waals surface area contributed by atoms with Crippen LogP contribution in [0.5, 0.6) is 11.5 Å². The summed E-state index contributed by atoms with van der Waals surface area (Å²) in [5.41, 5.74) is 0.809. The van der Waals surface area contributed by atoms with Crippen LogP contribution < -0.4 is 19.5 Å². The molecule has 2 N–H and O–H groups in total. The molecule has 0 saturated heterocycles. The molecule has 1 aliphatic carbocycles. The summed E-state index contributed by atoms with van der Waals surface area (Å²) in [7, 11) is -3.62. The molecule has 2 aromatic rings. The van der Waals surface area contributed by atoms with Gasteiger partial charge in [-0.1, -0.05) is 6.07 Å². The topological polar surface area (TPSA) is 93.7 Å². The van der Waals surface area contributed by atoms with E-state index < -0.39 is 15.9 Å². The zero-order chi connectivity index (χ0) is 18.9. The number of nitrogens with one attached hydrogen (secondary N) is 2. The molecule has 0 unspecified atom stereocenters. The van der Waals surface area contributed by atoms with Gasteiger partial charge in [-0.25, -0.2) is 13.1 Å². The fourth-order valence-corrected chi connectivity index (χ4v) is 3.92. The van der Waals surface area contributed by atoms with Gasteiger partial charge in [0.1, 0.15) is 13.2 Å². The van der Waals surface area contributed by atoms with Crippen molar-refractivity contribution in [1.29, 1.82) is 0 Å². The number of hydrogen-bond acceptors (Lipinski definition) is 5. The number of ether oxygens (including phenoxy) is 2. The smallest absolute Gasteiger partial charge is 0.255 e. The van der Waals surface area contributed by atoms with Crippen molar-refractivity contribution in [3.63, 3.8) is 0 Å². The second-order valence-electron chi connectivity index (χ2n) is 6.64. The Morgan fingerprint density at radius 3 is 2.59 bits per heavy atom. The Balaban J connectivity index is 1.48. The van der Waals surface area contributed by atoms with Gasteiger partial charge in [-0.2, -0.15) is 0 Å². The van der Waals surface area contributed by atoms with Gasteiger partial charge in [-0.15, -0.1) is 0 Å². The first kappa shape index (κ1) is 17.8. The number of carbonyl (C=O) groups is 1. The third-order valence-corrected chi connectivity index (χ3v) is 5.89. The van der Waals surface area contributed by atoms with E-state index in [0.717, 1.165) is 12.8 Å². The lowest BCUT2D eigenvalue weighted by Crippen LogP contribution is -2.26. The Labute approximate surface area is 157 Å². The molecule has 2 aromatic carbocycles. The zero-order valence-electron chi connectivity index (χ0n) is 14.6. The fourth-order valence-electron chi connectivity index (χ4n) is 2.76. The lowest BCUT2D eigenvalue weighted by atomic mass is 10.2. The fraction of sp³-hybridized carbons (Fsp3) is 0.316. The minimum absolute atomic E-state index is 0.0815. The van der Waals surface area contributed by atoms with Crippen LogP contribution in [0.2, 0.25) is 0 Å². The second-order valence-corrected chi connectivity index (χ2v) is 8.40. The highest BCUT2D eigenvalue weighted by molar-refractivity contribution is 7.89. The van der Waals surface area contributed by atoms with E-state index in [1.165, 1.54) is 12.1 Å². The SMILES string of the molecule is O=C(Nc1ccc2c(c1)OCCO2)c1cccc(S(=O)(=O)NCC2CC2)c1. The van der Waals surface area contributed by atoms with Gasteiger partial charge in [-0.3, -0.25) is 4.79 Å². The van der Waals surface area contributed by atoms with E-state index in [-0.39, 0.29) is 10.5 Å². The standard InChI is InChI=1S/C19H20N2O5S/c22-19(21-15-6-7-17-18(11-15)26-9-8-25-17)14-2-1-3-16(10-14)27(23,24)20-12-13-4-5-13/h1-3,6-7,10-11,13,20H,4-5,8-9,12H2,(H,21,22). The summed E-state index contributed by atoms with van der Waals surface area (Å²) < 4.78 is 38.3. The highest BCUT2D eigenvalue weighted by Crippen LogP contribution is 2.32. The highest BCUT2D eigenvalue weighted by atomic mass is 32.2. The molecule has 1 fully saturated rings. The lowest BCUT2D eigenvalue weighted by molar-refractivity contribution is 0.102. The van der Waals surface area contributed by atoms with Crippen molar-refractivity contribution in [1.82, 2.24) is 4.72 Å². The number of amides is 1. The second kappa shape index (κ2) is 7.21. The van der Waals surface area contributed by atoms with Gasteiger partial charge >= 0.3 is 0 Å². The first-order chi connectivity index (χ1) is 13.0. The Kier molecular flexibility index (Phi) is 4.75. The van der Waals surface area contributed by atoms with Crippen molar-refractivity contribution in [2.45, 2.75) is 17.7 Å². The number of hydrogen-bond donors (Lipinski definition) is 2. The lowest BCUT2D eigenvalue weighted by Gasteiger charge is -2.19. The molecule has 0 radical (unpaired) electrons. The van der Waals surface area contributed by atoms with Crippen LogP contribution in [-0.4, -0.2) is 34.1 Å². The Bertz CT molecular complexity index is 970. The molecule has 142 valence electrons. The summed E-state index contributed by atoms with van der Waals surface area (Å²) in [6.45, 7) is 1.39. The van der Waals surface area contributed by atoms with E-state index >= 15 is 0 Å². The number of benzene rings is 2. The molecule has 7 nitrogen and oxygen atoms in total. The maximum Gasteiger partial charge on any atom is 0.255 e. The predicted molar refractivity (Wildman–Crippen MR) is 99.7 cm³/mol. The summed E-state index contributed by atoms with van der Waals surface area (Å²) in [6.07, 6.45) is 2.11. The molecule has 2 aliphatic rings. The van der Waals surface area contributed by atoms with Gasteiger partial charge in [0.2, 0.25) is 10.0 Å². The Morgan fingerprint density at radius 1 is 1.04 bits per heavy atom. The van der Waals surface area contributed by atoms with Crippen LogP contribution in [0.15, 0.2) is 47.4 Å². The van der Waals surface area contributed by atoms with Crippen molar-refractivity contribution in [2.24, 2.45) is 5.92 Å². The Hall–Kier alpha value is -2.58. The summed E-state index contributed by atoms with van der Waals surface area (Å²) in [5.74, 6) is 1.24. The van der Waals surface area contributed by atoms with E-state index in [4.69, 9.17) is 9.47 Å². The molecule has 1 aliphatic heterocycles. The maximum atomic E-state index is 12.5. The van der Waals surface area contributed by atoms with E-state index in [0.29, 0.717) is 42.9 Å². The Morgan fingerprint density at radius 2 is 1.81 bits per heavy atom. The van der Waals surface area contributed by atoms with Crippen LogP contribution in [0.1, 0.15) is 23.2 Å². The summed E-state index contributed by atoms with van der Waals surface area (Å²) in [6, 6.07) is 11.1. The summed E-state index contributed by atoms with van der Waals surface area (Å²) in [5, 5.41) is 2.76. The van der Waals surface area contributed by atoms with Crippen LogP contribution in [0.3, 0.4) is 0 Å². The average molecular weight is 388 g/mol.